The van der Waals surface area contributed by atoms with E-state index in [1.807, 2.05) is 50.2 Å². The lowest BCUT2D eigenvalue weighted by Gasteiger charge is -2.43. The van der Waals surface area contributed by atoms with Crippen molar-refractivity contribution in [3.8, 4) is 0 Å². The van der Waals surface area contributed by atoms with Crippen molar-refractivity contribution in [2.45, 2.75) is 63.9 Å². The first-order valence-electron chi connectivity index (χ1n) is 11.9. The highest BCUT2D eigenvalue weighted by Gasteiger charge is 2.56. The second-order valence-corrected chi connectivity index (χ2v) is 16.7. The van der Waals surface area contributed by atoms with Crippen molar-refractivity contribution >= 4 is 28.8 Å². The molecule has 192 valence electrons. The second-order valence-electron chi connectivity index (χ2n) is 10.8. The van der Waals surface area contributed by atoms with Crippen LogP contribution >= 0.6 is 0 Å². The third kappa shape index (κ3) is 5.56. The van der Waals surface area contributed by atoms with Crippen LogP contribution in [0.5, 0.6) is 0 Å². The smallest absolute Gasteiger partial charge is 0.264 e. The minimum absolute atomic E-state index is 0.0613. The molecule has 0 N–H and O–H groups in total. The molecule has 2 aromatic carbocycles. The van der Waals surface area contributed by atoms with E-state index in [9.17, 15) is 8.42 Å². The van der Waals surface area contributed by atoms with Crippen LogP contribution < -0.4 is 10.4 Å². The zero-order valence-electron chi connectivity index (χ0n) is 21.3. The summed E-state index contributed by atoms with van der Waals surface area (Å²) in [6, 6.07) is 20.7. The van der Waals surface area contributed by atoms with Crippen LogP contribution in [-0.4, -0.2) is 60.5 Å². The Morgan fingerprint density at radius 3 is 1.94 bits per heavy atom. The Bertz CT molecular complexity index is 1060. The largest absolute Gasteiger partial charge is 0.405 e. The molecule has 4 atom stereocenters. The normalized spacial score (nSPS) is 26.6. The van der Waals surface area contributed by atoms with E-state index in [0.717, 1.165) is 16.6 Å². The first-order valence-corrected chi connectivity index (χ1v) is 15.7. The molecule has 2 aliphatic heterocycles. The molecule has 0 aromatic heterocycles. The highest BCUT2D eigenvalue weighted by molar-refractivity contribution is 7.85. The third-order valence-electron chi connectivity index (χ3n) is 6.65. The van der Waals surface area contributed by atoms with E-state index in [0.29, 0.717) is 0 Å². The van der Waals surface area contributed by atoms with Gasteiger partial charge in [-0.3, -0.25) is 4.18 Å². The molecule has 2 heterocycles. The minimum Gasteiger partial charge on any atom is -0.405 e. The number of hydrogen-bond acceptors (Lipinski definition) is 7. The van der Waals surface area contributed by atoms with Crippen molar-refractivity contribution in [3.05, 3.63) is 60.7 Å². The van der Waals surface area contributed by atoms with Crippen LogP contribution in [0.2, 0.25) is 5.04 Å². The molecule has 2 aliphatic rings. The maximum atomic E-state index is 11.8. The van der Waals surface area contributed by atoms with Crippen LogP contribution in [-0.2, 0) is 32.9 Å². The maximum absolute atomic E-state index is 11.8. The average Bonchev–Trinajstić information content (AvgIpc) is 3.23. The molecular formula is C26H36O7SSi. The Labute approximate surface area is 209 Å². The van der Waals surface area contributed by atoms with E-state index in [2.05, 4.69) is 45.0 Å². The summed E-state index contributed by atoms with van der Waals surface area (Å²) in [5.41, 5.74) is 0. The zero-order chi connectivity index (χ0) is 25.5. The van der Waals surface area contributed by atoms with Crippen LogP contribution in [0.4, 0.5) is 0 Å². The minimum atomic E-state index is -3.63. The molecular weight excluding hydrogens is 484 g/mol. The summed E-state index contributed by atoms with van der Waals surface area (Å²) >= 11 is 0. The topological polar surface area (TPSA) is 80.3 Å². The molecule has 4 unspecified atom stereocenters. The van der Waals surface area contributed by atoms with Crippen molar-refractivity contribution in [2.24, 2.45) is 5.92 Å². The summed E-state index contributed by atoms with van der Waals surface area (Å²) in [4.78, 5) is 0. The molecule has 2 aromatic rings. The van der Waals surface area contributed by atoms with E-state index in [-0.39, 0.29) is 24.2 Å². The Balaban J connectivity index is 1.67. The summed E-state index contributed by atoms with van der Waals surface area (Å²) in [5.74, 6) is -1.18. The second kappa shape index (κ2) is 9.70. The van der Waals surface area contributed by atoms with Gasteiger partial charge in [-0.2, -0.15) is 8.42 Å². The molecule has 0 radical (unpaired) electrons. The van der Waals surface area contributed by atoms with E-state index >= 15 is 0 Å². The SMILES string of the molecule is CC1(C)OC2OC(CO[Si](c3ccccc3)(c3ccccc3)C(C)(C)C)C(COS(C)(=O)=O)C2O1. The van der Waals surface area contributed by atoms with Crippen molar-refractivity contribution in [2.75, 3.05) is 19.5 Å². The lowest BCUT2D eigenvalue weighted by molar-refractivity contribution is -0.213. The standard InChI is InChI=1S/C26H36O7SSi/c1-25(2,3)35(19-13-9-7-10-14-19,20-15-11-8-12-16-20)30-18-22-21(17-29-34(6,27)28)23-24(31-22)33-26(4,5)32-23/h7-16,21-24H,17-18H2,1-6H3. The van der Waals surface area contributed by atoms with Gasteiger partial charge in [0.15, 0.2) is 12.1 Å². The monoisotopic (exact) mass is 520 g/mol. The first-order chi connectivity index (χ1) is 16.3. The van der Waals surface area contributed by atoms with Gasteiger partial charge >= 0.3 is 0 Å². The predicted molar refractivity (Wildman–Crippen MR) is 137 cm³/mol. The summed E-state index contributed by atoms with van der Waals surface area (Å²) in [5, 5.41) is 2.13. The van der Waals surface area contributed by atoms with Gasteiger partial charge in [-0.25, -0.2) is 0 Å². The molecule has 9 heteroatoms. The first kappa shape index (κ1) is 26.5. The molecule has 0 amide bonds. The van der Waals surface area contributed by atoms with Crippen molar-refractivity contribution < 1.29 is 31.2 Å². The molecule has 0 saturated carbocycles. The molecule has 4 rings (SSSR count). The number of benzene rings is 2. The van der Waals surface area contributed by atoms with Gasteiger partial charge in [0.05, 0.1) is 25.6 Å². The summed E-state index contributed by atoms with van der Waals surface area (Å²) in [6.07, 6.45) is -0.459. The quantitative estimate of drug-likeness (QED) is 0.391. The summed E-state index contributed by atoms with van der Waals surface area (Å²) in [6.45, 7) is 10.5. The van der Waals surface area contributed by atoms with Gasteiger partial charge in [-0.05, 0) is 29.3 Å². The van der Waals surface area contributed by atoms with Gasteiger partial charge in [-0.15, -0.1) is 0 Å². The van der Waals surface area contributed by atoms with Crippen LogP contribution in [0, 0.1) is 5.92 Å². The average molecular weight is 521 g/mol. The highest BCUT2D eigenvalue weighted by Crippen LogP contribution is 2.42. The Morgan fingerprint density at radius 1 is 0.914 bits per heavy atom. The number of hydrogen-bond donors (Lipinski definition) is 0. The van der Waals surface area contributed by atoms with Crippen molar-refractivity contribution in [1.82, 2.24) is 0 Å². The van der Waals surface area contributed by atoms with Gasteiger partial charge in [0.1, 0.15) is 6.10 Å². The predicted octanol–water partition coefficient (Wildman–Crippen LogP) is 3.03. The van der Waals surface area contributed by atoms with Crippen LogP contribution in [0.1, 0.15) is 34.6 Å². The van der Waals surface area contributed by atoms with Gasteiger partial charge < -0.3 is 18.6 Å². The molecule has 0 aliphatic carbocycles. The van der Waals surface area contributed by atoms with Gasteiger partial charge in [0.2, 0.25) is 0 Å². The maximum Gasteiger partial charge on any atom is 0.264 e. The Hall–Kier alpha value is -1.59. The number of rotatable bonds is 8. The Kier molecular flexibility index (Phi) is 7.34. The van der Waals surface area contributed by atoms with Crippen LogP contribution in [0.25, 0.3) is 0 Å². The van der Waals surface area contributed by atoms with Crippen LogP contribution in [0.3, 0.4) is 0 Å². The molecule has 35 heavy (non-hydrogen) atoms. The lowest BCUT2D eigenvalue weighted by atomic mass is 10.0. The Morgan fingerprint density at radius 2 is 1.46 bits per heavy atom. The van der Waals surface area contributed by atoms with Crippen molar-refractivity contribution in [3.63, 3.8) is 0 Å². The van der Waals surface area contributed by atoms with E-state index in [4.69, 9.17) is 22.8 Å². The van der Waals surface area contributed by atoms with E-state index in [1.54, 1.807) is 0 Å². The van der Waals surface area contributed by atoms with E-state index in [1.165, 1.54) is 0 Å². The number of fused-ring (bicyclic) bond motifs is 1. The zero-order valence-corrected chi connectivity index (χ0v) is 23.1. The third-order valence-corrected chi connectivity index (χ3v) is 12.2. The van der Waals surface area contributed by atoms with Crippen LogP contribution in [0.15, 0.2) is 60.7 Å². The highest BCUT2D eigenvalue weighted by atomic mass is 32.2. The van der Waals surface area contributed by atoms with Gasteiger partial charge in [0.25, 0.3) is 18.4 Å². The van der Waals surface area contributed by atoms with Crippen molar-refractivity contribution in [1.29, 1.82) is 0 Å². The van der Waals surface area contributed by atoms with Gasteiger partial charge in [-0.1, -0.05) is 81.4 Å². The molecule has 7 nitrogen and oxygen atoms in total. The molecule has 2 saturated heterocycles. The van der Waals surface area contributed by atoms with Gasteiger partial charge in [0, 0.05) is 5.92 Å². The molecule has 0 spiro atoms. The number of ether oxygens (including phenoxy) is 3. The summed E-state index contributed by atoms with van der Waals surface area (Å²) < 4.78 is 54.1. The lowest BCUT2D eigenvalue weighted by Crippen LogP contribution is -2.67. The fourth-order valence-corrected chi connectivity index (χ4v) is 10.1. The molecule has 0 bridgehead atoms. The summed E-state index contributed by atoms with van der Waals surface area (Å²) in [7, 11) is -6.42. The fraction of sp³-hybridized carbons (Fsp3) is 0.538. The fourth-order valence-electron chi connectivity index (χ4n) is 5.17. The van der Waals surface area contributed by atoms with E-state index < -0.39 is 42.7 Å². The molecule has 2 fully saturated rings.